The lowest BCUT2D eigenvalue weighted by Crippen LogP contribution is -1.98. The van der Waals surface area contributed by atoms with Crippen LogP contribution in [0.4, 0.5) is 0 Å². The average molecular weight is 239 g/mol. The second-order valence-corrected chi connectivity index (χ2v) is 3.86. The van der Waals surface area contributed by atoms with E-state index < -0.39 is 0 Å². The van der Waals surface area contributed by atoms with Crippen molar-refractivity contribution in [2.45, 2.75) is 13.2 Å². The van der Waals surface area contributed by atoms with E-state index in [4.69, 9.17) is 15.1 Å². The molecule has 0 spiro atoms. The van der Waals surface area contributed by atoms with Gasteiger partial charge in [0.15, 0.2) is 0 Å². The van der Waals surface area contributed by atoms with Gasteiger partial charge < -0.3 is 9.84 Å². The molecule has 2 rings (SSSR count). The van der Waals surface area contributed by atoms with Crippen LogP contribution in [-0.2, 0) is 13.2 Å². The highest BCUT2D eigenvalue weighted by Gasteiger charge is 2.01. The summed E-state index contributed by atoms with van der Waals surface area (Å²) in [4.78, 5) is 0. The van der Waals surface area contributed by atoms with Crippen molar-refractivity contribution in [3.05, 3.63) is 65.2 Å². The molecule has 0 aliphatic rings. The molecule has 3 heteroatoms. The maximum absolute atomic E-state index is 8.95. The van der Waals surface area contributed by atoms with Gasteiger partial charge in [-0.1, -0.05) is 30.3 Å². The number of aliphatic hydroxyl groups excluding tert-OH is 1. The lowest BCUT2D eigenvalue weighted by molar-refractivity contribution is 0.280. The molecule has 0 atom stereocenters. The Morgan fingerprint density at radius 3 is 2.44 bits per heavy atom. The minimum atomic E-state index is 0.0253. The molecule has 0 bridgehead atoms. The monoisotopic (exact) mass is 239 g/mol. The molecule has 0 aliphatic heterocycles. The van der Waals surface area contributed by atoms with Crippen molar-refractivity contribution in [3.8, 4) is 11.8 Å². The van der Waals surface area contributed by atoms with Crippen LogP contribution in [0.3, 0.4) is 0 Å². The summed E-state index contributed by atoms with van der Waals surface area (Å²) >= 11 is 0. The van der Waals surface area contributed by atoms with Crippen molar-refractivity contribution in [2.24, 2.45) is 0 Å². The van der Waals surface area contributed by atoms with Crippen LogP contribution in [-0.4, -0.2) is 5.11 Å². The number of rotatable bonds is 4. The molecular formula is C15H13NO2. The molecule has 0 heterocycles. The first-order valence-electron chi connectivity index (χ1n) is 5.64. The third-order valence-electron chi connectivity index (χ3n) is 2.64. The fourth-order valence-electron chi connectivity index (χ4n) is 1.61. The minimum absolute atomic E-state index is 0.0253. The summed E-state index contributed by atoms with van der Waals surface area (Å²) in [5.41, 5.74) is 2.34. The molecule has 0 saturated heterocycles. The third-order valence-corrected chi connectivity index (χ3v) is 2.64. The molecule has 0 amide bonds. The van der Waals surface area contributed by atoms with Crippen LogP contribution in [0, 0.1) is 11.3 Å². The number of nitrogens with zero attached hydrogens (tertiary/aromatic N) is 1. The van der Waals surface area contributed by atoms with Gasteiger partial charge in [0.1, 0.15) is 12.4 Å². The Morgan fingerprint density at radius 2 is 1.78 bits per heavy atom. The molecular weight excluding hydrogens is 226 g/mol. The van der Waals surface area contributed by atoms with Gasteiger partial charge in [0.25, 0.3) is 0 Å². The van der Waals surface area contributed by atoms with Gasteiger partial charge in [0.2, 0.25) is 0 Å². The van der Waals surface area contributed by atoms with Crippen molar-refractivity contribution in [1.82, 2.24) is 0 Å². The molecule has 1 N–H and O–H groups in total. The first kappa shape index (κ1) is 12.2. The molecule has 0 aromatic heterocycles. The van der Waals surface area contributed by atoms with E-state index in [1.807, 2.05) is 30.3 Å². The highest BCUT2D eigenvalue weighted by atomic mass is 16.5. The van der Waals surface area contributed by atoms with E-state index in [1.54, 1.807) is 18.2 Å². The second-order valence-electron chi connectivity index (χ2n) is 3.86. The summed E-state index contributed by atoms with van der Waals surface area (Å²) in [5, 5.41) is 17.9. The molecule has 2 aromatic rings. The van der Waals surface area contributed by atoms with Crippen LogP contribution in [0.25, 0.3) is 0 Å². The van der Waals surface area contributed by atoms with E-state index in [0.29, 0.717) is 12.2 Å². The molecule has 0 saturated carbocycles. The maximum atomic E-state index is 8.95. The smallest absolute Gasteiger partial charge is 0.119 e. The standard InChI is InChI=1S/C15H13NO2/c16-9-13-3-1-2-4-14(13)11-18-15-7-5-12(10-17)6-8-15/h1-8,17H,10-11H2. The predicted octanol–water partition coefficient (Wildman–Crippen LogP) is 2.63. The zero-order valence-electron chi connectivity index (χ0n) is 9.84. The minimum Gasteiger partial charge on any atom is -0.489 e. The van der Waals surface area contributed by atoms with Crippen molar-refractivity contribution in [3.63, 3.8) is 0 Å². The molecule has 0 fully saturated rings. The predicted molar refractivity (Wildman–Crippen MR) is 67.9 cm³/mol. The van der Waals surface area contributed by atoms with Crippen molar-refractivity contribution in [2.75, 3.05) is 0 Å². The Hall–Kier alpha value is -2.31. The second kappa shape index (κ2) is 5.85. The van der Waals surface area contributed by atoms with Crippen LogP contribution in [0.2, 0.25) is 0 Å². The first-order valence-corrected chi connectivity index (χ1v) is 5.64. The van der Waals surface area contributed by atoms with E-state index in [-0.39, 0.29) is 6.61 Å². The quantitative estimate of drug-likeness (QED) is 0.892. The summed E-state index contributed by atoms with van der Waals surface area (Å²) in [7, 11) is 0. The van der Waals surface area contributed by atoms with Crippen LogP contribution in [0.1, 0.15) is 16.7 Å². The molecule has 0 aliphatic carbocycles. The number of benzene rings is 2. The maximum Gasteiger partial charge on any atom is 0.119 e. The van der Waals surface area contributed by atoms with Crippen molar-refractivity contribution < 1.29 is 9.84 Å². The number of hydrogen-bond acceptors (Lipinski definition) is 3. The van der Waals surface area contributed by atoms with Crippen LogP contribution < -0.4 is 4.74 Å². The normalized spacial score (nSPS) is 9.78. The fourth-order valence-corrected chi connectivity index (χ4v) is 1.61. The zero-order valence-corrected chi connectivity index (χ0v) is 9.84. The van der Waals surface area contributed by atoms with Crippen molar-refractivity contribution in [1.29, 1.82) is 5.26 Å². The van der Waals surface area contributed by atoms with Crippen LogP contribution in [0.5, 0.6) is 5.75 Å². The average Bonchev–Trinajstić information content (AvgIpc) is 2.46. The molecule has 2 aromatic carbocycles. The van der Waals surface area contributed by atoms with Crippen LogP contribution in [0.15, 0.2) is 48.5 Å². The van der Waals surface area contributed by atoms with E-state index in [9.17, 15) is 0 Å². The van der Waals surface area contributed by atoms with E-state index in [2.05, 4.69) is 6.07 Å². The SMILES string of the molecule is N#Cc1ccccc1COc1ccc(CO)cc1. The van der Waals surface area contributed by atoms with Gasteiger partial charge in [-0.05, 0) is 23.8 Å². The lowest BCUT2D eigenvalue weighted by Gasteiger charge is -2.07. The fraction of sp³-hybridized carbons (Fsp3) is 0.133. The van der Waals surface area contributed by atoms with Gasteiger partial charge in [-0.25, -0.2) is 0 Å². The highest BCUT2D eigenvalue weighted by molar-refractivity contribution is 5.37. The summed E-state index contributed by atoms with van der Waals surface area (Å²) in [5.74, 6) is 0.722. The van der Waals surface area contributed by atoms with Gasteiger partial charge in [0.05, 0.1) is 18.2 Å². The van der Waals surface area contributed by atoms with Gasteiger partial charge in [-0.2, -0.15) is 5.26 Å². The van der Waals surface area contributed by atoms with E-state index in [0.717, 1.165) is 16.9 Å². The third kappa shape index (κ3) is 2.88. The number of aliphatic hydroxyl groups is 1. The Balaban J connectivity index is 2.05. The van der Waals surface area contributed by atoms with Gasteiger partial charge in [-0.3, -0.25) is 0 Å². The van der Waals surface area contributed by atoms with Crippen LogP contribution >= 0.6 is 0 Å². The summed E-state index contributed by atoms with van der Waals surface area (Å²) < 4.78 is 5.60. The molecule has 90 valence electrons. The molecule has 3 nitrogen and oxygen atoms in total. The number of nitriles is 1. The Kier molecular flexibility index (Phi) is 3.95. The summed E-state index contributed by atoms with van der Waals surface area (Å²) in [6, 6.07) is 16.7. The highest BCUT2D eigenvalue weighted by Crippen LogP contribution is 2.15. The molecule has 0 radical (unpaired) electrons. The molecule has 18 heavy (non-hydrogen) atoms. The largest absolute Gasteiger partial charge is 0.489 e. The Bertz CT molecular complexity index is 555. The first-order chi connectivity index (χ1) is 8.83. The van der Waals surface area contributed by atoms with E-state index >= 15 is 0 Å². The van der Waals surface area contributed by atoms with E-state index in [1.165, 1.54) is 0 Å². The van der Waals surface area contributed by atoms with Gasteiger partial charge in [0, 0.05) is 5.56 Å². The Labute approximate surface area is 106 Å². The zero-order chi connectivity index (χ0) is 12.8. The Morgan fingerprint density at radius 1 is 1.06 bits per heavy atom. The summed E-state index contributed by atoms with van der Waals surface area (Å²) in [6.07, 6.45) is 0. The van der Waals surface area contributed by atoms with Gasteiger partial charge >= 0.3 is 0 Å². The topological polar surface area (TPSA) is 53.2 Å². The lowest BCUT2D eigenvalue weighted by atomic mass is 10.1. The van der Waals surface area contributed by atoms with Crippen molar-refractivity contribution >= 4 is 0 Å². The number of ether oxygens (including phenoxy) is 1. The number of hydrogen-bond donors (Lipinski definition) is 1. The summed E-state index contributed by atoms with van der Waals surface area (Å²) in [6.45, 7) is 0.389. The molecule has 0 unspecified atom stereocenters. The van der Waals surface area contributed by atoms with Gasteiger partial charge in [-0.15, -0.1) is 0 Å².